The van der Waals surface area contributed by atoms with Gasteiger partial charge >= 0.3 is 0 Å². The van der Waals surface area contributed by atoms with E-state index in [9.17, 15) is 15.0 Å². The molecule has 1 aromatic carbocycles. The van der Waals surface area contributed by atoms with Crippen molar-refractivity contribution in [2.24, 2.45) is 5.73 Å². The van der Waals surface area contributed by atoms with Crippen LogP contribution in [-0.2, 0) is 4.79 Å². The summed E-state index contributed by atoms with van der Waals surface area (Å²) in [7, 11) is 0. The third-order valence-electron chi connectivity index (χ3n) is 2.29. The summed E-state index contributed by atoms with van der Waals surface area (Å²) in [5, 5.41) is 28.2. The van der Waals surface area contributed by atoms with Gasteiger partial charge in [-0.25, -0.2) is 0 Å². The second-order valence-electron chi connectivity index (χ2n) is 3.64. The molecule has 0 aromatic heterocycles. The lowest BCUT2D eigenvalue weighted by Gasteiger charge is -2.18. The summed E-state index contributed by atoms with van der Waals surface area (Å²) in [6.07, 6.45) is -3.12. The number of amides is 1. The fourth-order valence-corrected chi connectivity index (χ4v) is 1.45. The van der Waals surface area contributed by atoms with E-state index in [1.807, 2.05) is 6.07 Å². The number of nitrogens with zero attached hydrogens (tertiary/aromatic N) is 1. The molecule has 0 bridgehead atoms. The summed E-state index contributed by atoms with van der Waals surface area (Å²) >= 11 is 0. The fourth-order valence-electron chi connectivity index (χ4n) is 1.45. The molecule has 90 valence electrons. The van der Waals surface area contributed by atoms with E-state index in [2.05, 4.69) is 0 Å². The minimum absolute atomic E-state index is 0.182. The van der Waals surface area contributed by atoms with Crippen LogP contribution in [0.5, 0.6) is 0 Å². The number of anilines is 1. The Kier molecular flexibility index (Phi) is 4.04. The summed E-state index contributed by atoms with van der Waals surface area (Å²) in [4.78, 5) is 10.6. The number of benzene rings is 1. The van der Waals surface area contributed by atoms with Gasteiger partial charge < -0.3 is 21.7 Å². The summed E-state index contributed by atoms with van der Waals surface area (Å²) < 4.78 is 0. The number of carbonyl (C=O) groups excluding carboxylic acids is 1. The Balaban J connectivity index is 3.02. The van der Waals surface area contributed by atoms with Crippen molar-refractivity contribution in [2.45, 2.75) is 18.6 Å². The topological polar surface area (TPSA) is 133 Å². The number of primary amides is 1. The van der Waals surface area contributed by atoms with Crippen molar-refractivity contribution in [3.63, 3.8) is 0 Å². The minimum Gasteiger partial charge on any atom is -0.399 e. The van der Waals surface area contributed by atoms with E-state index in [0.29, 0.717) is 5.69 Å². The van der Waals surface area contributed by atoms with E-state index in [4.69, 9.17) is 16.7 Å². The zero-order chi connectivity index (χ0) is 13.0. The molecule has 0 aliphatic carbocycles. The van der Waals surface area contributed by atoms with Crippen molar-refractivity contribution in [1.82, 2.24) is 0 Å². The predicted octanol–water partition coefficient (Wildman–Crippen LogP) is -0.590. The Morgan fingerprint density at radius 2 is 2.12 bits per heavy atom. The van der Waals surface area contributed by atoms with Crippen molar-refractivity contribution in [1.29, 1.82) is 5.26 Å². The number of nitrogens with two attached hydrogens (primary N) is 2. The Hall–Kier alpha value is -2.10. The number of rotatable bonds is 4. The van der Waals surface area contributed by atoms with Crippen LogP contribution in [0, 0.1) is 11.3 Å². The number of nitrogen functional groups attached to an aromatic ring is 1. The molecular formula is C11H13N3O3. The van der Waals surface area contributed by atoms with Crippen LogP contribution in [0.3, 0.4) is 0 Å². The highest BCUT2D eigenvalue weighted by Crippen LogP contribution is 2.24. The van der Waals surface area contributed by atoms with Gasteiger partial charge in [0.15, 0.2) is 0 Å². The molecule has 6 nitrogen and oxygen atoms in total. The molecule has 0 radical (unpaired) electrons. The predicted molar refractivity (Wildman–Crippen MR) is 60.3 cm³/mol. The van der Waals surface area contributed by atoms with Gasteiger partial charge in [0.05, 0.1) is 24.2 Å². The summed E-state index contributed by atoms with van der Waals surface area (Å²) in [5.74, 6) is -0.737. The molecule has 0 heterocycles. The average molecular weight is 235 g/mol. The molecule has 0 fully saturated rings. The van der Waals surface area contributed by atoms with Crippen molar-refractivity contribution >= 4 is 11.6 Å². The van der Waals surface area contributed by atoms with Gasteiger partial charge in [-0.15, -0.1) is 0 Å². The number of nitriles is 1. The molecule has 1 aromatic rings. The number of aliphatic hydroxyl groups excluding tert-OH is 2. The first-order valence-electron chi connectivity index (χ1n) is 4.89. The quantitative estimate of drug-likeness (QED) is 0.517. The third-order valence-corrected chi connectivity index (χ3v) is 2.29. The van der Waals surface area contributed by atoms with Crippen LogP contribution in [0.4, 0.5) is 5.69 Å². The molecular weight excluding hydrogens is 222 g/mol. The van der Waals surface area contributed by atoms with Gasteiger partial charge in [0.2, 0.25) is 5.91 Å². The van der Waals surface area contributed by atoms with E-state index >= 15 is 0 Å². The van der Waals surface area contributed by atoms with Crippen molar-refractivity contribution in [3.8, 4) is 6.07 Å². The van der Waals surface area contributed by atoms with Gasteiger partial charge in [-0.2, -0.15) is 5.26 Å². The lowest BCUT2D eigenvalue weighted by molar-refractivity contribution is -0.121. The van der Waals surface area contributed by atoms with Crippen LogP contribution in [0.1, 0.15) is 23.7 Å². The lowest BCUT2D eigenvalue weighted by atomic mass is 9.97. The fraction of sp³-hybridized carbons (Fsp3) is 0.273. The second-order valence-corrected chi connectivity index (χ2v) is 3.64. The van der Waals surface area contributed by atoms with Gasteiger partial charge in [0.25, 0.3) is 0 Å². The number of carbonyl (C=O) groups is 1. The summed E-state index contributed by atoms with van der Waals surface area (Å²) in [6.45, 7) is 0. The van der Waals surface area contributed by atoms with E-state index in [0.717, 1.165) is 0 Å². The van der Waals surface area contributed by atoms with Gasteiger partial charge in [0, 0.05) is 11.3 Å². The highest BCUT2D eigenvalue weighted by molar-refractivity contribution is 5.74. The second kappa shape index (κ2) is 5.30. The van der Waals surface area contributed by atoms with Gasteiger partial charge in [-0.1, -0.05) is 0 Å². The summed E-state index contributed by atoms with van der Waals surface area (Å²) in [6, 6.07) is 6.20. The normalized spacial score (nSPS) is 13.7. The zero-order valence-corrected chi connectivity index (χ0v) is 9.00. The lowest BCUT2D eigenvalue weighted by Crippen LogP contribution is -2.26. The first-order valence-corrected chi connectivity index (χ1v) is 4.89. The molecule has 6 N–H and O–H groups in total. The van der Waals surface area contributed by atoms with E-state index in [-0.39, 0.29) is 17.5 Å². The van der Waals surface area contributed by atoms with E-state index in [1.165, 1.54) is 18.2 Å². The SMILES string of the molecule is N#Cc1ccc(N)cc1C(O)C(O)CC(N)=O. The Labute approximate surface area is 98.1 Å². The van der Waals surface area contributed by atoms with Crippen LogP contribution in [0.2, 0.25) is 0 Å². The molecule has 0 aliphatic rings. The van der Waals surface area contributed by atoms with Crippen LogP contribution >= 0.6 is 0 Å². The van der Waals surface area contributed by atoms with Crippen LogP contribution < -0.4 is 11.5 Å². The molecule has 2 atom stereocenters. The Morgan fingerprint density at radius 3 is 2.65 bits per heavy atom. The standard InChI is InChI=1S/C11H13N3O3/c12-5-6-1-2-7(13)3-8(6)11(17)9(15)4-10(14)16/h1-3,9,11,15,17H,4,13H2,(H2,14,16). The summed E-state index contributed by atoms with van der Waals surface area (Å²) in [5.41, 5.74) is 11.2. The molecule has 6 heteroatoms. The highest BCUT2D eigenvalue weighted by atomic mass is 16.3. The molecule has 0 saturated carbocycles. The average Bonchev–Trinajstić information content (AvgIpc) is 2.27. The van der Waals surface area contributed by atoms with Gasteiger partial charge in [-0.05, 0) is 18.2 Å². The Bertz CT molecular complexity index is 468. The van der Waals surface area contributed by atoms with Crippen molar-refractivity contribution < 1.29 is 15.0 Å². The van der Waals surface area contributed by atoms with Gasteiger partial charge in [-0.3, -0.25) is 4.79 Å². The molecule has 2 unspecified atom stereocenters. The van der Waals surface area contributed by atoms with Crippen LogP contribution in [0.25, 0.3) is 0 Å². The van der Waals surface area contributed by atoms with E-state index in [1.54, 1.807) is 0 Å². The smallest absolute Gasteiger partial charge is 0.220 e. The van der Waals surface area contributed by atoms with Gasteiger partial charge in [0.1, 0.15) is 6.10 Å². The maximum atomic E-state index is 10.6. The van der Waals surface area contributed by atoms with Crippen molar-refractivity contribution in [2.75, 3.05) is 5.73 Å². The zero-order valence-electron chi connectivity index (χ0n) is 9.00. The molecule has 0 spiro atoms. The Morgan fingerprint density at radius 1 is 1.47 bits per heavy atom. The first-order chi connectivity index (χ1) is 7.95. The maximum Gasteiger partial charge on any atom is 0.220 e. The van der Waals surface area contributed by atoms with Crippen LogP contribution in [0.15, 0.2) is 18.2 Å². The minimum atomic E-state index is -1.37. The first kappa shape index (κ1) is 13.0. The number of hydrogen-bond donors (Lipinski definition) is 4. The third kappa shape index (κ3) is 3.17. The molecule has 1 amide bonds. The largest absolute Gasteiger partial charge is 0.399 e. The molecule has 0 aliphatic heterocycles. The van der Waals surface area contributed by atoms with Crippen LogP contribution in [-0.4, -0.2) is 22.2 Å². The molecule has 17 heavy (non-hydrogen) atoms. The van der Waals surface area contributed by atoms with Crippen molar-refractivity contribution in [3.05, 3.63) is 29.3 Å². The highest BCUT2D eigenvalue weighted by Gasteiger charge is 2.23. The van der Waals surface area contributed by atoms with E-state index < -0.39 is 18.1 Å². The maximum absolute atomic E-state index is 10.6. The molecule has 0 saturated heterocycles. The number of aliphatic hydroxyl groups is 2. The monoisotopic (exact) mass is 235 g/mol. The molecule has 1 rings (SSSR count). The number of hydrogen-bond acceptors (Lipinski definition) is 5.